The zero-order valence-electron chi connectivity index (χ0n) is 19.1. The Bertz CT molecular complexity index is 1470. The van der Waals surface area contributed by atoms with Crippen LogP contribution in [0, 0.1) is 5.92 Å². The third-order valence-corrected chi connectivity index (χ3v) is 11.6. The molecule has 2 aliphatic carbocycles. The maximum atomic E-state index is 13.3. The van der Waals surface area contributed by atoms with E-state index in [1.807, 2.05) is 22.7 Å². The molecule has 5 heteroatoms. The van der Waals surface area contributed by atoms with Crippen molar-refractivity contribution in [3.8, 4) is 0 Å². The molecule has 0 saturated carbocycles. The van der Waals surface area contributed by atoms with Gasteiger partial charge in [-0.3, -0.25) is 4.79 Å². The van der Waals surface area contributed by atoms with Crippen LogP contribution < -0.4 is 0 Å². The van der Waals surface area contributed by atoms with Gasteiger partial charge in [-0.2, -0.15) is 0 Å². The minimum Gasteiger partial charge on any atom is -0.294 e. The first-order valence-electron chi connectivity index (χ1n) is 11.7. The Morgan fingerprint density at radius 1 is 0.686 bits per heavy atom. The van der Waals surface area contributed by atoms with Crippen molar-refractivity contribution < 1.29 is 4.79 Å². The third kappa shape index (κ3) is 2.93. The average Bonchev–Trinajstić information content (AvgIpc) is 3.70. The van der Waals surface area contributed by atoms with Crippen LogP contribution in [0.4, 0.5) is 0 Å². The number of fused-ring (bicyclic) bond motifs is 2. The molecule has 2 aliphatic rings. The highest BCUT2D eigenvalue weighted by Gasteiger charge is 2.50. The molecule has 0 aliphatic heterocycles. The van der Waals surface area contributed by atoms with Gasteiger partial charge in [-0.15, -0.1) is 45.3 Å². The zero-order chi connectivity index (χ0) is 23.6. The number of carbonyl (C=O) groups is 1. The van der Waals surface area contributed by atoms with Gasteiger partial charge in [0.25, 0.3) is 0 Å². The number of hydrogen-bond donors (Lipinski definition) is 0. The first kappa shape index (κ1) is 21.7. The lowest BCUT2D eigenvalue weighted by atomic mass is 9.62. The molecule has 0 saturated heterocycles. The second-order valence-electron chi connectivity index (χ2n) is 9.38. The summed E-state index contributed by atoms with van der Waals surface area (Å²) < 4.78 is 0. The van der Waals surface area contributed by atoms with Crippen molar-refractivity contribution in [2.45, 2.75) is 24.2 Å². The van der Waals surface area contributed by atoms with Gasteiger partial charge < -0.3 is 0 Å². The largest absolute Gasteiger partial charge is 0.294 e. The van der Waals surface area contributed by atoms with Gasteiger partial charge in [-0.25, -0.2) is 0 Å². The molecule has 1 nitrogen and oxygen atoms in total. The topological polar surface area (TPSA) is 17.1 Å². The summed E-state index contributed by atoms with van der Waals surface area (Å²) >= 11 is 7.22. The van der Waals surface area contributed by atoms with Crippen LogP contribution >= 0.6 is 45.3 Å². The van der Waals surface area contributed by atoms with Gasteiger partial charge in [-0.05, 0) is 75.0 Å². The molecular weight excluding hydrogens is 505 g/mol. The minimum atomic E-state index is -0.406. The zero-order valence-corrected chi connectivity index (χ0v) is 22.3. The standard InChI is InChI=1S/C30H22OS4/c1-19-16-20-17-22-23(18-21(20)28(19)31)30(26-8-4-14-34-26,27-9-5-15-35-27)11-10-29(22,24-6-2-12-32-24)25-7-3-13-33-25/h2-15,17-19H,16H2,1H3. The number of carbonyl (C=O) groups excluding carboxylic acids is 1. The summed E-state index contributed by atoms with van der Waals surface area (Å²) in [4.78, 5) is 18.5. The van der Waals surface area contributed by atoms with Gasteiger partial charge in [0.2, 0.25) is 0 Å². The summed E-state index contributed by atoms with van der Waals surface area (Å²) in [6.07, 6.45) is 5.71. The van der Waals surface area contributed by atoms with Crippen LogP contribution in [0.5, 0.6) is 0 Å². The van der Waals surface area contributed by atoms with E-state index in [2.05, 4.69) is 101 Å². The minimum absolute atomic E-state index is 0.0394. The second-order valence-corrected chi connectivity index (χ2v) is 13.2. The van der Waals surface area contributed by atoms with Crippen molar-refractivity contribution in [2.75, 3.05) is 0 Å². The van der Waals surface area contributed by atoms with E-state index in [4.69, 9.17) is 0 Å². The molecule has 172 valence electrons. The Labute approximate surface area is 221 Å². The Hall–Kier alpha value is -2.57. The molecule has 1 unspecified atom stereocenters. The molecular formula is C30H22OS4. The highest BCUT2D eigenvalue weighted by molar-refractivity contribution is 7.12. The number of allylic oxidation sites excluding steroid dienone is 2. The molecule has 4 heterocycles. The fourth-order valence-corrected chi connectivity index (χ4v) is 9.80. The molecule has 35 heavy (non-hydrogen) atoms. The molecule has 0 spiro atoms. The van der Waals surface area contributed by atoms with Crippen molar-refractivity contribution >= 4 is 51.1 Å². The first-order valence-corrected chi connectivity index (χ1v) is 15.2. The summed E-state index contributed by atoms with van der Waals surface area (Å²) in [6.45, 7) is 2.07. The van der Waals surface area contributed by atoms with E-state index >= 15 is 0 Å². The van der Waals surface area contributed by atoms with Gasteiger partial charge in [-0.1, -0.05) is 49.4 Å². The van der Waals surface area contributed by atoms with E-state index in [0.717, 1.165) is 12.0 Å². The Balaban J connectivity index is 1.64. The van der Waals surface area contributed by atoms with Crippen molar-refractivity contribution in [1.82, 2.24) is 0 Å². The SMILES string of the molecule is CC1Cc2cc3c(cc2C1=O)C(c1cccs1)(c1cccs1)C=CC3(c1cccs1)c1cccs1. The fourth-order valence-electron chi connectivity index (χ4n) is 5.93. The number of benzene rings is 1. The maximum Gasteiger partial charge on any atom is 0.166 e. The van der Waals surface area contributed by atoms with E-state index in [0.29, 0.717) is 0 Å². The smallest absolute Gasteiger partial charge is 0.166 e. The number of Topliss-reactive ketones (excluding diaryl/α,β-unsaturated/α-hetero) is 1. The molecule has 1 aromatic carbocycles. The highest BCUT2D eigenvalue weighted by Crippen LogP contribution is 2.57. The van der Waals surface area contributed by atoms with Crippen LogP contribution in [-0.4, -0.2) is 5.78 Å². The molecule has 0 radical (unpaired) electrons. The van der Waals surface area contributed by atoms with Crippen molar-refractivity contribution in [2.24, 2.45) is 5.92 Å². The molecule has 0 bridgehead atoms. The normalized spacial score (nSPS) is 19.6. The lowest BCUT2D eigenvalue weighted by Gasteiger charge is -2.43. The summed E-state index contributed by atoms with van der Waals surface area (Å²) in [7, 11) is 0. The van der Waals surface area contributed by atoms with Crippen LogP contribution in [0.3, 0.4) is 0 Å². The van der Waals surface area contributed by atoms with Crippen LogP contribution in [-0.2, 0) is 17.3 Å². The maximum absolute atomic E-state index is 13.3. The molecule has 1 atom stereocenters. The van der Waals surface area contributed by atoms with Gasteiger partial charge in [0.15, 0.2) is 5.78 Å². The molecule has 0 fully saturated rings. The summed E-state index contributed by atoms with van der Waals surface area (Å²) in [5, 5.41) is 8.69. The summed E-state index contributed by atoms with van der Waals surface area (Å²) in [5.41, 5.74) is 3.90. The lowest BCUT2D eigenvalue weighted by molar-refractivity contribution is 0.0946. The van der Waals surface area contributed by atoms with Crippen LogP contribution in [0.15, 0.2) is 94.3 Å². The molecule has 0 N–H and O–H groups in total. The Morgan fingerprint density at radius 2 is 1.11 bits per heavy atom. The predicted octanol–water partition coefficient (Wildman–Crippen LogP) is 8.55. The fraction of sp³-hybridized carbons (Fsp3) is 0.167. The second kappa shape index (κ2) is 7.97. The van der Waals surface area contributed by atoms with Gasteiger partial charge in [0.1, 0.15) is 0 Å². The van der Waals surface area contributed by atoms with E-state index in [9.17, 15) is 4.79 Å². The molecule has 7 rings (SSSR count). The van der Waals surface area contributed by atoms with Gasteiger partial charge in [0.05, 0.1) is 10.8 Å². The van der Waals surface area contributed by atoms with Crippen molar-refractivity contribution in [3.63, 3.8) is 0 Å². The number of thiophene rings is 4. The molecule has 0 amide bonds. The molecule has 5 aromatic rings. The highest BCUT2D eigenvalue weighted by atomic mass is 32.1. The third-order valence-electron chi connectivity index (χ3n) is 7.55. The van der Waals surface area contributed by atoms with Gasteiger partial charge in [0, 0.05) is 31.0 Å². The number of ketones is 1. The van der Waals surface area contributed by atoms with E-state index in [1.165, 1.54) is 36.2 Å². The quantitative estimate of drug-likeness (QED) is 0.214. The van der Waals surface area contributed by atoms with Crippen LogP contribution in [0.1, 0.15) is 53.5 Å². The van der Waals surface area contributed by atoms with Crippen molar-refractivity contribution in [1.29, 1.82) is 0 Å². The summed E-state index contributed by atoms with van der Waals surface area (Å²) in [5.74, 6) is 0.319. The van der Waals surface area contributed by atoms with Gasteiger partial charge >= 0.3 is 0 Å². The molecule has 4 aromatic heterocycles. The number of rotatable bonds is 4. The monoisotopic (exact) mass is 526 g/mol. The van der Waals surface area contributed by atoms with E-state index in [-0.39, 0.29) is 17.1 Å². The van der Waals surface area contributed by atoms with E-state index < -0.39 is 5.41 Å². The first-order chi connectivity index (χ1) is 17.1. The average molecular weight is 527 g/mol. The predicted molar refractivity (Wildman–Crippen MR) is 150 cm³/mol. The van der Waals surface area contributed by atoms with E-state index in [1.54, 1.807) is 22.7 Å². The Morgan fingerprint density at radius 3 is 1.51 bits per heavy atom. The number of hydrogen-bond acceptors (Lipinski definition) is 5. The summed E-state index contributed by atoms with van der Waals surface area (Å²) in [6, 6.07) is 22.3. The van der Waals surface area contributed by atoms with Crippen LogP contribution in [0.2, 0.25) is 0 Å². The Kier molecular flexibility index (Phi) is 4.94. The van der Waals surface area contributed by atoms with Crippen molar-refractivity contribution in [3.05, 3.63) is 136 Å². The lowest BCUT2D eigenvalue weighted by Crippen LogP contribution is -2.38. The van der Waals surface area contributed by atoms with Crippen LogP contribution in [0.25, 0.3) is 0 Å².